The highest BCUT2D eigenvalue weighted by molar-refractivity contribution is 5.79. The van der Waals surface area contributed by atoms with Gasteiger partial charge >= 0.3 is 0 Å². The minimum absolute atomic E-state index is 0.757. The van der Waals surface area contributed by atoms with Crippen LogP contribution in [0.2, 0.25) is 0 Å². The molecule has 1 rings (SSSR count). The molecule has 0 aliphatic rings. The second-order valence-corrected chi connectivity index (χ2v) is 4.55. The van der Waals surface area contributed by atoms with Crippen molar-refractivity contribution in [3.05, 3.63) is 24.2 Å². The molecule has 0 atom stereocenters. The van der Waals surface area contributed by atoms with Crippen LogP contribution in [0.4, 0.5) is 0 Å². The van der Waals surface area contributed by atoms with Crippen molar-refractivity contribution >= 4 is 5.96 Å². The zero-order valence-corrected chi connectivity index (χ0v) is 12.7. The summed E-state index contributed by atoms with van der Waals surface area (Å²) in [6.07, 6.45) is 2.54. The highest BCUT2D eigenvalue weighted by Crippen LogP contribution is 1.99. The SMILES string of the molecule is CN=C(NCCc1ccco1)NCCN(C)CCOC. The summed E-state index contributed by atoms with van der Waals surface area (Å²) in [5.74, 6) is 1.80. The number of hydrogen-bond donors (Lipinski definition) is 2. The fourth-order valence-electron chi connectivity index (χ4n) is 1.70. The molecule has 0 amide bonds. The first-order valence-corrected chi connectivity index (χ1v) is 6.90. The second-order valence-electron chi connectivity index (χ2n) is 4.55. The van der Waals surface area contributed by atoms with Crippen molar-refractivity contribution in [3.8, 4) is 0 Å². The van der Waals surface area contributed by atoms with Crippen molar-refractivity contribution in [2.24, 2.45) is 4.99 Å². The smallest absolute Gasteiger partial charge is 0.191 e. The molecule has 1 heterocycles. The van der Waals surface area contributed by atoms with Gasteiger partial charge in [-0.2, -0.15) is 0 Å². The van der Waals surface area contributed by atoms with Crippen LogP contribution < -0.4 is 10.6 Å². The molecule has 6 nitrogen and oxygen atoms in total. The van der Waals surface area contributed by atoms with Crippen molar-refractivity contribution in [1.29, 1.82) is 0 Å². The van der Waals surface area contributed by atoms with Crippen LogP contribution in [-0.2, 0) is 11.2 Å². The van der Waals surface area contributed by atoms with Gasteiger partial charge in [-0.3, -0.25) is 4.99 Å². The lowest BCUT2D eigenvalue weighted by Crippen LogP contribution is -2.42. The maximum atomic E-state index is 5.28. The van der Waals surface area contributed by atoms with E-state index >= 15 is 0 Å². The zero-order chi connectivity index (χ0) is 14.6. The van der Waals surface area contributed by atoms with Gasteiger partial charge in [-0.15, -0.1) is 0 Å². The molecule has 0 aliphatic carbocycles. The topological polar surface area (TPSA) is 62.0 Å². The molecule has 1 aromatic rings. The average molecular weight is 282 g/mol. The van der Waals surface area contributed by atoms with E-state index in [1.807, 2.05) is 12.1 Å². The van der Waals surface area contributed by atoms with Gasteiger partial charge < -0.3 is 24.7 Å². The van der Waals surface area contributed by atoms with E-state index in [1.165, 1.54) is 0 Å². The standard InChI is InChI=1S/C14H26N4O2/c1-15-14(16-7-6-13-5-4-11-20-13)17-8-9-18(2)10-12-19-3/h4-5,11H,6-10,12H2,1-3H3,(H2,15,16,17). The molecule has 114 valence electrons. The second kappa shape index (κ2) is 10.3. The number of furan rings is 1. The monoisotopic (exact) mass is 282 g/mol. The Labute approximate surface area is 121 Å². The molecule has 0 radical (unpaired) electrons. The van der Waals surface area contributed by atoms with Crippen molar-refractivity contribution in [3.63, 3.8) is 0 Å². The van der Waals surface area contributed by atoms with Gasteiger partial charge in [0.05, 0.1) is 12.9 Å². The predicted molar refractivity (Wildman–Crippen MR) is 81.1 cm³/mol. The van der Waals surface area contributed by atoms with Crippen LogP contribution >= 0.6 is 0 Å². The Kier molecular flexibility index (Phi) is 8.49. The number of aliphatic imine (C=N–C) groups is 1. The molecule has 0 aliphatic heterocycles. The number of methoxy groups -OCH3 is 1. The molecule has 0 unspecified atom stereocenters. The molecule has 20 heavy (non-hydrogen) atoms. The normalized spacial score (nSPS) is 11.9. The van der Waals surface area contributed by atoms with Crippen LogP contribution in [0.15, 0.2) is 27.8 Å². The van der Waals surface area contributed by atoms with Gasteiger partial charge in [0.2, 0.25) is 0 Å². The van der Waals surface area contributed by atoms with Crippen molar-refractivity contribution < 1.29 is 9.15 Å². The Morgan fingerprint density at radius 3 is 2.80 bits per heavy atom. The molecule has 0 saturated carbocycles. The van der Waals surface area contributed by atoms with Crippen LogP contribution in [0.1, 0.15) is 5.76 Å². The van der Waals surface area contributed by atoms with Crippen molar-refractivity contribution in [2.75, 3.05) is 54.0 Å². The van der Waals surface area contributed by atoms with Crippen LogP contribution in [0.25, 0.3) is 0 Å². The molecule has 0 aromatic carbocycles. The summed E-state index contributed by atoms with van der Waals surface area (Å²) in [4.78, 5) is 6.40. The van der Waals surface area contributed by atoms with Gasteiger partial charge in [-0.25, -0.2) is 0 Å². The molecule has 0 fully saturated rings. The summed E-state index contributed by atoms with van der Waals surface area (Å²) in [5.41, 5.74) is 0. The third-order valence-electron chi connectivity index (χ3n) is 2.93. The van der Waals surface area contributed by atoms with Crippen LogP contribution in [0.3, 0.4) is 0 Å². The average Bonchev–Trinajstić information content (AvgIpc) is 2.96. The Hall–Kier alpha value is -1.53. The predicted octanol–water partition coefficient (Wildman–Crippen LogP) is 0.565. The van der Waals surface area contributed by atoms with Crippen LogP contribution in [0.5, 0.6) is 0 Å². The van der Waals surface area contributed by atoms with Crippen LogP contribution in [-0.4, -0.2) is 64.9 Å². The van der Waals surface area contributed by atoms with Crippen molar-refractivity contribution in [2.45, 2.75) is 6.42 Å². The Morgan fingerprint density at radius 2 is 2.15 bits per heavy atom. The van der Waals surface area contributed by atoms with E-state index in [9.17, 15) is 0 Å². The first-order valence-electron chi connectivity index (χ1n) is 6.90. The molecular formula is C14H26N4O2. The number of likely N-dealkylation sites (N-methyl/N-ethyl adjacent to an activating group) is 1. The molecule has 1 aromatic heterocycles. The van der Waals surface area contributed by atoms with E-state index < -0.39 is 0 Å². The quantitative estimate of drug-likeness (QED) is 0.512. The molecule has 6 heteroatoms. The summed E-state index contributed by atoms with van der Waals surface area (Å²) >= 11 is 0. The molecule has 2 N–H and O–H groups in total. The maximum absolute atomic E-state index is 5.28. The maximum Gasteiger partial charge on any atom is 0.191 e. The van der Waals surface area contributed by atoms with Gasteiger partial charge in [0, 0.05) is 46.8 Å². The zero-order valence-electron chi connectivity index (χ0n) is 12.7. The third kappa shape index (κ3) is 7.16. The lowest BCUT2D eigenvalue weighted by Gasteiger charge is -2.17. The highest BCUT2D eigenvalue weighted by atomic mass is 16.5. The first-order chi connectivity index (χ1) is 9.76. The fourth-order valence-corrected chi connectivity index (χ4v) is 1.70. The van der Waals surface area contributed by atoms with Gasteiger partial charge in [0.1, 0.15) is 5.76 Å². The molecule has 0 saturated heterocycles. The number of rotatable bonds is 9. The van der Waals surface area contributed by atoms with Gasteiger partial charge in [0.25, 0.3) is 0 Å². The van der Waals surface area contributed by atoms with E-state index in [2.05, 4.69) is 27.6 Å². The molecule has 0 spiro atoms. The molecular weight excluding hydrogens is 256 g/mol. The van der Waals surface area contributed by atoms with E-state index in [4.69, 9.17) is 9.15 Å². The number of nitrogens with zero attached hydrogens (tertiary/aromatic N) is 2. The van der Waals surface area contributed by atoms with E-state index in [0.29, 0.717) is 0 Å². The fraction of sp³-hybridized carbons (Fsp3) is 0.643. The van der Waals surface area contributed by atoms with E-state index in [0.717, 1.165) is 50.9 Å². The number of nitrogens with one attached hydrogen (secondary N) is 2. The van der Waals surface area contributed by atoms with Crippen molar-refractivity contribution in [1.82, 2.24) is 15.5 Å². The number of ether oxygens (including phenoxy) is 1. The lowest BCUT2D eigenvalue weighted by atomic mass is 10.3. The summed E-state index contributed by atoms with van der Waals surface area (Å²) in [6, 6.07) is 3.88. The van der Waals surface area contributed by atoms with Crippen LogP contribution in [0, 0.1) is 0 Å². The van der Waals surface area contributed by atoms with Gasteiger partial charge in [-0.1, -0.05) is 0 Å². The third-order valence-corrected chi connectivity index (χ3v) is 2.93. The lowest BCUT2D eigenvalue weighted by molar-refractivity contribution is 0.162. The largest absolute Gasteiger partial charge is 0.469 e. The Morgan fingerprint density at radius 1 is 1.35 bits per heavy atom. The summed E-state index contributed by atoms with van der Waals surface area (Å²) < 4.78 is 10.3. The van der Waals surface area contributed by atoms with E-state index in [-0.39, 0.29) is 0 Å². The van der Waals surface area contributed by atoms with Gasteiger partial charge in [0.15, 0.2) is 5.96 Å². The molecule has 0 bridgehead atoms. The summed E-state index contributed by atoms with van der Waals surface area (Å²) in [5, 5.41) is 6.54. The number of hydrogen-bond acceptors (Lipinski definition) is 4. The minimum atomic E-state index is 0.757. The van der Waals surface area contributed by atoms with E-state index in [1.54, 1.807) is 20.4 Å². The number of guanidine groups is 1. The Balaban J connectivity index is 2.10. The summed E-state index contributed by atoms with van der Waals surface area (Å²) in [7, 11) is 5.57. The Bertz CT molecular complexity index is 365. The highest BCUT2D eigenvalue weighted by Gasteiger charge is 2.01. The minimum Gasteiger partial charge on any atom is -0.469 e. The van der Waals surface area contributed by atoms with Gasteiger partial charge in [-0.05, 0) is 19.2 Å². The first kappa shape index (κ1) is 16.5. The summed E-state index contributed by atoms with van der Waals surface area (Å²) in [6.45, 7) is 4.28.